The number of hydrogen-bond acceptors (Lipinski definition) is 4. The number of nitrogens with one attached hydrogen (secondary N) is 1. The maximum atomic E-state index is 11.9. The van der Waals surface area contributed by atoms with Gasteiger partial charge in [0, 0.05) is 12.8 Å². The Labute approximate surface area is 112 Å². The number of carbonyl (C=O) groups excluding carboxylic acids is 2. The van der Waals surface area contributed by atoms with Crippen molar-refractivity contribution in [2.24, 2.45) is 0 Å². The first-order valence-electron chi connectivity index (χ1n) is 6.30. The van der Waals surface area contributed by atoms with Gasteiger partial charge in [0.25, 0.3) is 0 Å². The number of para-hydroxylation sites is 1. The van der Waals surface area contributed by atoms with Crippen LogP contribution in [0.1, 0.15) is 43.5 Å². The summed E-state index contributed by atoms with van der Waals surface area (Å²) >= 11 is 0. The summed E-state index contributed by atoms with van der Waals surface area (Å²) in [5, 5.41) is 9.55. The van der Waals surface area contributed by atoms with Gasteiger partial charge in [-0.2, -0.15) is 0 Å². The monoisotopic (exact) mass is 265 g/mol. The summed E-state index contributed by atoms with van der Waals surface area (Å²) in [5.74, 6) is -0.477. The lowest BCUT2D eigenvalue weighted by molar-refractivity contribution is -0.137. The molecule has 0 spiro atoms. The fraction of sp³-hybridized carbons (Fsp3) is 0.429. The standard InChI is InChI=1S/C14H19NO4/c1-3-6-14(18)15-19-10(2)9-13(17)11-7-4-5-8-12(11)16/h4-5,7-8,10,16H,3,6,9H2,1-2H3,(H,15,18). The molecule has 1 aromatic rings. The van der Waals surface area contributed by atoms with Gasteiger partial charge in [0.2, 0.25) is 5.91 Å². The number of hydroxylamine groups is 1. The number of Topliss-reactive ketones (excluding diaryl/α,β-unsaturated/α-hetero) is 1. The van der Waals surface area contributed by atoms with Gasteiger partial charge in [0.1, 0.15) is 5.75 Å². The Kier molecular flexibility index (Phi) is 6.02. The molecule has 5 nitrogen and oxygen atoms in total. The molecule has 1 aromatic carbocycles. The number of rotatable bonds is 7. The SMILES string of the molecule is CCCC(=O)NOC(C)CC(=O)c1ccccc1O. The van der Waals surface area contributed by atoms with Gasteiger partial charge in [-0.25, -0.2) is 5.48 Å². The van der Waals surface area contributed by atoms with Crippen molar-refractivity contribution < 1.29 is 19.5 Å². The highest BCUT2D eigenvalue weighted by Crippen LogP contribution is 2.18. The number of benzene rings is 1. The fourth-order valence-corrected chi connectivity index (χ4v) is 1.57. The molecule has 2 N–H and O–H groups in total. The lowest BCUT2D eigenvalue weighted by Crippen LogP contribution is -2.29. The highest BCUT2D eigenvalue weighted by molar-refractivity contribution is 5.98. The minimum absolute atomic E-state index is 0.0466. The molecule has 0 radical (unpaired) electrons. The average molecular weight is 265 g/mol. The maximum Gasteiger partial charge on any atom is 0.243 e. The Morgan fingerprint density at radius 3 is 2.68 bits per heavy atom. The Balaban J connectivity index is 2.44. The predicted octanol–water partition coefficient (Wildman–Crippen LogP) is 2.20. The molecule has 0 saturated carbocycles. The fourth-order valence-electron chi connectivity index (χ4n) is 1.57. The Bertz CT molecular complexity index is 445. The van der Waals surface area contributed by atoms with E-state index in [1.165, 1.54) is 6.07 Å². The number of phenols is 1. The molecular formula is C14H19NO4. The van der Waals surface area contributed by atoms with Crippen LogP contribution in [0.4, 0.5) is 0 Å². The minimum Gasteiger partial charge on any atom is -0.507 e. The van der Waals surface area contributed by atoms with Crippen LogP contribution >= 0.6 is 0 Å². The quantitative estimate of drug-likeness (QED) is 0.585. The Morgan fingerprint density at radius 2 is 2.05 bits per heavy atom. The zero-order valence-corrected chi connectivity index (χ0v) is 11.2. The van der Waals surface area contributed by atoms with Gasteiger partial charge in [-0.15, -0.1) is 0 Å². The molecule has 0 fully saturated rings. The van der Waals surface area contributed by atoms with E-state index in [9.17, 15) is 14.7 Å². The van der Waals surface area contributed by atoms with Crippen LogP contribution in [0.2, 0.25) is 0 Å². The van der Waals surface area contributed by atoms with Crippen LogP contribution in [0.25, 0.3) is 0 Å². The van der Waals surface area contributed by atoms with Gasteiger partial charge < -0.3 is 5.11 Å². The van der Waals surface area contributed by atoms with E-state index in [1.54, 1.807) is 25.1 Å². The molecule has 1 unspecified atom stereocenters. The van der Waals surface area contributed by atoms with E-state index in [2.05, 4.69) is 5.48 Å². The molecule has 0 aliphatic heterocycles. The van der Waals surface area contributed by atoms with Gasteiger partial charge in [-0.3, -0.25) is 14.4 Å². The van der Waals surface area contributed by atoms with Crippen molar-refractivity contribution in [2.75, 3.05) is 0 Å². The van der Waals surface area contributed by atoms with Gasteiger partial charge in [-0.1, -0.05) is 19.1 Å². The van der Waals surface area contributed by atoms with Crippen LogP contribution < -0.4 is 5.48 Å². The molecule has 5 heteroatoms. The van der Waals surface area contributed by atoms with Crippen molar-refractivity contribution in [2.45, 2.75) is 39.2 Å². The summed E-state index contributed by atoms with van der Waals surface area (Å²) in [4.78, 5) is 28.2. The molecule has 1 atom stereocenters. The molecule has 0 bridgehead atoms. The second-order valence-electron chi connectivity index (χ2n) is 4.35. The first-order chi connectivity index (χ1) is 9.04. The van der Waals surface area contributed by atoms with Crippen molar-refractivity contribution in [3.63, 3.8) is 0 Å². The zero-order chi connectivity index (χ0) is 14.3. The van der Waals surface area contributed by atoms with Crippen molar-refractivity contribution >= 4 is 11.7 Å². The maximum absolute atomic E-state index is 11.9. The van der Waals surface area contributed by atoms with Gasteiger partial charge >= 0.3 is 0 Å². The summed E-state index contributed by atoms with van der Waals surface area (Å²) in [6.45, 7) is 3.58. The Morgan fingerprint density at radius 1 is 1.37 bits per heavy atom. The summed E-state index contributed by atoms with van der Waals surface area (Å²) < 4.78 is 0. The van der Waals surface area contributed by atoms with Crippen LogP contribution in [0.3, 0.4) is 0 Å². The van der Waals surface area contributed by atoms with Crippen molar-refractivity contribution in [1.29, 1.82) is 0 Å². The minimum atomic E-state index is -0.451. The average Bonchev–Trinajstić information content (AvgIpc) is 2.37. The molecule has 0 aliphatic carbocycles. The second-order valence-corrected chi connectivity index (χ2v) is 4.35. The summed E-state index contributed by atoms with van der Waals surface area (Å²) in [6.07, 6.45) is 0.762. The second kappa shape index (κ2) is 7.53. The molecule has 0 aliphatic rings. The van der Waals surface area contributed by atoms with Crippen molar-refractivity contribution in [3.05, 3.63) is 29.8 Å². The van der Waals surface area contributed by atoms with Crippen molar-refractivity contribution in [1.82, 2.24) is 5.48 Å². The predicted molar refractivity (Wildman–Crippen MR) is 70.7 cm³/mol. The van der Waals surface area contributed by atoms with Crippen LogP contribution in [0, 0.1) is 0 Å². The summed E-state index contributed by atoms with van der Waals surface area (Å²) in [5.41, 5.74) is 2.56. The number of phenolic OH excluding ortho intramolecular Hbond substituents is 1. The Hall–Kier alpha value is -1.88. The van der Waals surface area contributed by atoms with E-state index in [4.69, 9.17) is 4.84 Å². The highest BCUT2D eigenvalue weighted by Gasteiger charge is 2.15. The van der Waals surface area contributed by atoms with Crippen LogP contribution in [-0.4, -0.2) is 22.9 Å². The number of ketones is 1. The third kappa shape index (κ3) is 5.09. The molecule has 104 valence electrons. The lowest BCUT2D eigenvalue weighted by atomic mass is 10.1. The number of amides is 1. The topological polar surface area (TPSA) is 75.6 Å². The molecule has 1 amide bonds. The van der Waals surface area contributed by atoms with Gasteiger partial charge in [-0.05, 0) is 25.5 Å². The van der Waals surface area contributed by atoms with E-state index in [1.807, 2.05) is 6.92 Å². The molecule has 1 rings (SSSR count). The van der Waals surface area contributed by atoms with Crippen LogP contribution in [-0.2, 0) is 9.63 Å². The van der Waals surface area contributed by atoms with Gasteiger partial charge in [0.15, 0.2) is 5.78 Å². The first kappa shape index (κ1) is 15.2. The normalized spacial score (nSPS) is 11.9. The number of aromatic hydroxyl groups is 1. The van der Waals surface area contributed by atoms with E-state index >= 15 is 0 Å². The van der Waals surface area contributed by atoms with E-state index in [-0.39, 0.29) is 29.4 Å². The molecule has 19 heavy (non-hydrogen) atoms. The number of carbonyl (C=O) groups is 2. The van der Waals surface area contributed by atoms with Crippen LogP contribution in [0.5, 0.6) is 5.75 Å². The van der Waals surface area contributed by atoms with Gasteiger partial charge in [0.05, 0.1) is 11.7 Å². The largest absolute Gasteiger partial charge is 0.507 e. The molecule has 0 heterocycles. The molecule has 0 aromatic heterocycles. The third-order valence-corrected chi connectivity index (χ3v) is 2.53. The third-order valence-electron chi connectivity index (χ3n) is 2.53. The smallest absolute Gasteiger partial charge is 0.243 e. The van der Waals surface area contributed by atoms with E-state index < -0.39 is 6.10 Å². The summed E-state index contributed by atoms with van der Waals surface area (Å²) in [7, 11) is 0. The molecule has 0 saturated heterocycles. The zero-order valence-electron chi connectivity index (χ0n) is 11.2. The highest BCUT2D eigenvalue weighted by atomic mass is 16.7. The first-order valence-corrected chi connectivity index (χ1v) is 6.30. The van der Waals surface area contributed by atoms with E-state index in [0.717, 1.165) is 6.42 Å². The van der Waals surface area contributed by atoms with Crippen LogP contribution in [0.15, 0.2) is 24.3 Å². The van der Waals surface area contributed by atoms with Crippen molar-refractivity contribution in [3.8, 4) is 5.75 Å². The molecular weight excluding hydrogens is 246 g/mol. The lowest BCUT2D eigenvalue weighted by Gasteiger charge is -2.12. The van der Waals surface area contributed by atoms with E-state index in [0.29, 0.717) is 6.42 Å². The summed E-state index contributed by atoms with van der Waals surface area (Å²) in [6, 6.07) is 6.35. The number of hydrogen-bond donors (Lipinski definition) is 2.